The number of benzene rings is 1. The van der Waals surface area contributed by atoms with Crippen molar-refractivity contribution in [1.29, 1.82) is 0 Å². The number of nitrogens with one attached hydrogen (secondary N) is 1. The zero-order chi connectivity index (χ0) is 34.3. The molecule has 46 heavy (non-hydrogen) atoms. The minimum Gasteiger partial charge on any atom is -0.491 e. The third-order valence-corrected chi connectivity index (χ3v) is 7.76. The van der Waals surface area contributed by atoms with E-state index in [0.717, 1.165) is 13.2 Å². The fraction of sp³-hybridized carbons (Fsp3) is 0.516. The number of nitro groups is 1. The second-order valence-corrected chi connectivity index (χ2v) is 11.4. The van der Waals surface area contributed by atoms with Crippen LogP contribution in [0.3, 0.4) is 0 Å². The van der Waals surface area contributed by atoms with E-state index in [-0.39, 0.29) is 30.4 Å². The molecule has 0 aromatic heterocycles. The summed E-state index contributed by atoms with van der Waals surface area (Å²) in [7, 11) is 1.01. The zero-order valence-corrected chi connectivity index (χ0v) is 25.9. The third kappa shape index (κ3) is 8.55. The molecule has 4 N–H and O–H groups in total. The van der Waals surface area contributed by atoms with Gasteiger partial charge in [0.2, 0.25) is 0 Å². The van der Waals surface area contributed by atoms with Crippen molar-refractivity contribution in [3.63, 3.8) is 0 Å². The van der Waals surface area contributed by atoms with E-state index in [1.165, 1.54) is 25.0 Å². The molecule has 3 rings (SSSR count). The number of alkyl halides is 3. The predicted octanol–water partition coefficient (Wildman–Crippen LogP) is 3.26. The van der Waals surface area contributed by atoms with Crippen LogP contribution in [0.5, 0.6) is 11.5 Å². The smallest absolute Gasteiger partial charge is 0.411 e. The van der Waals surface area contributed by atoms with Gasteiger partial charge < -0.3 is 35.1 Å². The van der Waals surface area contributed by atoms with Gasteiger partial charge in [0.1, 0.15) is 54.5 Å². The molecule has 7 unspecified atom stereocenters. The van der Waals surface area contributed by atoms with E-state index in [2.05, 4.69) is 5.32 Å². The van der Waals surface area contributed by atoms with Gasteiger partial charge in [-0.15, -0.1) is 0 Å². The minimum absolute atomic E-state index is 0.00488. The Bertz CT molecular complexity index is 1400. The number of nitrogens with zero attached hydrogens (tertiary/aromatic N) is 1. The molecule has 1 aromatic carbocycles. The molecule has 1 heterocycles. The van der Waals surface area contributed by atoms with Crippen LogP contribution in [0.2, 0.25) is 0 Å². The summed E-state index contributed by atoms with van der Waals surface area (Å²) in [5, 5.41) is 24.0. The van der Waals surface area contributed by atoms with Crippen LogP contribution in [0.15, 0.2) is 65.0 Å². The maximum atomic E-state index is 14.1. The van der Waals surface area contributed by atoms with Crippen molar-refractivity contribution in [2.75, 3.05) is 20.3 Å². The van der Waals surface area contributed by atoms with Crippen molar-refractivity contribution in [3.8, 4) is 11.5 Å². The third-order valence-electron chi connectivity index (χ3n) is 7.76. The average Bonchev–Trinajstić information content (AvgIpc) is 3.01. The molecule has 0 fully saturated rings. The number of halogens is 3. The summed E-state index contributed by atoms with van der Waals surface area (Å²) in [6.45, 7) is 6.30. The largest absolute Gasteiger partial charge is 0.491 e. The molecule has 0 saturated heterocycles. The summed E-state index contributed by atoms with van der Waals surface area (Å²) in [5.74, 6) is -1.47. The van der Waals surface area contributed by atoms with Gasteiger partial charge in [-0.2, -0.15) is 13.2 Å². The van der Waals surface area contributed by atoms with Crippen molar-refractivity contribution in [2.24, 2.45) is 23.5 Å². The van der Waals surface area contributed by atoms with Gasteiger partial charge >= 0.3 is 12.1 Å². The number of nitrogens with two attached hydrogens (primary N) is 1. The van der Waals surface area contributed by atoms with Crippen molar-refractivity contribution in [2.45, 2.75) is 64.3 Å². The highest BCUT2D eigenvalue weighted by molar-refractivity contribution is 5.91. The standard InChI is InChI=1S/C31H38F3N3O9/c1-16(2)27(35)24(39)15-44-19-9-11-20(12-10-19)46-17(3)14-45-30(40)25-18(4)36-29(31(32,33)34)28(43-5)26(25)21-7-6-8-23(37(41)42)22(21)13-38/h6-12,16-17,21,24,26-29,36,39H,14-15,35H2,1-5H3. The number of methoxy groups -OCH3 is 1. The highest BCUT2D eigenvalue weighted by Gasteiger charge is 2.55. The Morgan fingerprint density at radius 1 is 1.17 bits per heavy atom. The number of aliphatic hydroxyl groups is 1. The molecule has 12 nitrogen and oxygen atoms in total. The lowest BCUT2D eigenvalue weighted by Crippen LogP contribution is -2.59. The van der Waals surface area contributed by atoms with Crippen molar-refractivity contribution in [3.05, 3.63) is 75.1 Å². The van der Waals surface area contributed by atoms with Crippen molar-refractivity contribution in [1.82, 2.24) is 5.32 Å². The Morgan fingerprint density at radius 3 is 2.35 bits per heavy atom. The Balaban J connectivity index is 1.76. The van der Waals surface area contributed by atoms with Crippen LogP contribution in [0, 0.1) is 27.9 Å². The molecule has 15 heteroatoms. The highest BCUT2D eigenvalue weighted by atomic mass is 19.4. The Labute approximate surface area is 263 Å². The van der Waals surface area contributed by atoms with Gasteiger partial charge in [-0.3, -0.25) is 10.1 Å². The van der Waals surface area contributed by atoms with Crippen LogP contribution in [0.25, 0.3) is 0 Å². The van der Waals surface area contributed by atoms with E-state index in [4.69, 9.17) is 24.7 Å². The molecule has 0 amide bonds. The number of aliphatic hydroxyl groups excluding tert-OH is 1. The SMILES string of the molecule is COC1C(C2C=CC=C([N+](=O)[O-])C2=C=O)C(C(=O)OCC(C)Oc2ccc(OCC(O)C(N)C(C)C)cc2)=C(C)NC1C(F)(F)F. The molecule has 1 aromatic rings. The Kier molecular flexibility index (Phi) is 12.2. The molecular weight excluding hydrogens is 615 g/mol. The molecule has 1 aliphatic heterocycles. The summed E-state index contributed by atoms with van der Waals surface area (Å²) in [6.07, 6.45) is -4.64. The summed E-state index contributed by atoms with van der Waals surface area (Å²) in [4.78, 5) is 36.1. The maximum Gasteiger partial charge on any atom is 0.411 e. The van der Waals surface area contributed by atoms with Gasteiger partial charge in [-0.25, -0.2) is 9.59 Å². The summed E-state index contributed by atoms with van der Waals surface area (Å²) < 4.78 is 64.3. The monoisotopic (exact) mass is 653 g/mol. The van der Waals surface area contributed by atoms with Gasteiger partial charge in [0.05, 0.1) is 16.6 Å². The normalized spacial score (nSPS) is 23.5. The summed E-state index contributed by atoms with van der Waals surface area (Å²) >= 11 is 0. The first-order chi connectivity index (χ1) is 21.6. The molecule has 0 spiro atoms. The van der Waals surface area contributed by atoms with Crippen LogP contribution in [-0.4, -0.2) is 78.8 Å². The number of carbonyl (C=O) groups excluding carboxylic acids is 2. The first-order valence-corrected chi connectivity index (χ1v) is 14.5. The second-order valence-electron chi connectivity index (χ2n) is 11.4. The van der Waals surface area contributed by atoms with Crippen LogP contribution < -0.4 is 20.5 Å². The first-order valence-electron chi connectivity index (χ1n) is 14.5. The van der Waals surface area contributed by atoms with Gasteiger partial charge in [0, 0.05) is 36.8 Å². The summed E-state index contributed by atoms with van der Waals surface area (Å²) in [5.41, 5.74) is 4.29. The molecule has 252 valence electrons. The van der Waals surface area contributed by atoms with Gasteiger partial charge in [-0.05, 0) is 44.0 Å². The van der Waals surface area contributed by atoms with Gasteiger partial charge in [0.15, 0.2) is 0 Å². The minimum atomic E-state index is -4.84. The first kappa shape index (κ1) is 36.3. The second kappa shape index (κ2) is 15.4. The average molecular weight is 654 g/mol. The molecule has 2 aliphatic rings. The lowest BCUT2D eigenvalue weighted by Gasteiger charge is -2.43. The van der Waals surface area contributed by atoms with Gasteiger partial charge in [0.25, 0.3) is 5.70 Å². The molecule has 0 bridgehead atoms. The topological polar surface area (TPSA) is 172 Å². The number of esters is 1. The molecule has 0 saturated carbocycles. The maximum absolute atomic E-state index is 14.1. The Hall–Kier alpha value is -4.17. The number of carbonyl (C=O) groups is 1. The molecule has 1 aliphatic carbocycles. The van der Waals surface area contributed by atoms with E-state index in [9.17, 15) is 38.0 Å². The number of ether oxygens (including phenoxy) is 4. The molecular formula is C31H38F3N3O9. The fourth-order valence-corrected chi connectivity index (χ4v) is 5.33. The zero-order valence-electron chi connectivity index (χ0n) is 25.9. The van der Waals surface area contributed by atoms with Crippen LogP contribution in [0.1, 0.15) is 27.7 Å². The van der Waals surface area contributed by atoms with E-state index in [1.54, 1.807) is 31.2 Å². The van der Waals surface area contributed by atoms with Crippen molar-refractivity contribution < 1.29 is 51.7 Å². The van der Waals surface area contributed by atoms with Crippen LogP contribution in [-0.2, 0) is 19.1 Å². The van der Waals surface area contributed by atoms with E-state index < -0.39 is 70.6 Å². The van der Waals surface area contributed by atoms with Crippen molar-refractivity contribution >= 4 is 11.9 Å². The summed E-state index contributed by atoms with van der Waals surface area (Å²) in [6, 6.07) is 3.67. The lowest BCUT2D eigenvalue weighted by atomic mass is 9.71. The van der Waals surface area contributed by atoms with Crippen LogP contribution in [0.4, 0.5) is 13.2 Å². The fourth-order valence-electron chi connectivity index (χ4n) is 5.33. The molecule has 0 radical (unpaired) electrons. The Morgan fingerprint density at radius 2 is 1.80 bits per heavy atom. The number of hydrogen-bond acceptors (Lipinski definition) is 11. The van der Waals surface area contributed by atoms with E-state index >= 15 is 0 Å². The van der Waals surface area contributed by atoms with E-state index in [1.807, 2.05) is 13.8 Å². The number of hydrogen-bond donors (Lipinski definition) is 3. The lowest BCUT2D eigenvalue weighted by molar-refractivity contribution is -0.421. The number of allylic oxidation sites excluding steroid dienone is 5. The predicted molar refractivity (Wildman–Crippen MR) is 159 cm³/mol. The molecule has 7 atom stereocenters. The van der Waals surface area contributed by atoms with Gasteiger partial charge in [-0.1, -0.05) is 26.0 Å². The van der Waals surface area contributed by atoms with E-state index in [0.29, 0.717) is 11.5 Å². The quantitative estimate of drug-likeness (QED) is 0.123. The highest BCUT2D eigenvalue weighted by Crippen LogP contribution is 2.44. The number of rotatable bonds is 13. The van der Waals surface area contributed by atoms with Crippen LogP contribution >= 0.6 is 0 Å².